The minimum Gasteiger partial charge on any atom is -0.464 e. The van der Waals surface area contributed by atoms with Crippen molar-refractivity contribution in [1.29, 1.82) is 0 Å². The minimum atomic E-state index is -4.21. The van der Waals surface area contributed by atoms with Crippen LogP contribution in [0.25, 0.3) is 5.52 Å². The molecule has 15 nitrogen and oxygen atoms in total. The summed E-state index contributed by atoms with van der Waals surface area (Å²) < 4.78 is 38.0. The van der Waals surface area contributed by atoms with Crippen LogP contribution in [0.5, 0.6) is 0 Å². The molecule has 5 atom stereocenters. The number of carbonyl (C=O) groups excluding carboxylic acids is 2. The Morgan fingerprint density at radius 1 is 1.11 bits per heavy atom. The number of esters is 2. The quantitative estimate of drug-likeness (QED) is 0.146. The fourth-order valence-electron chi connectivity index (χ4n) is 5.47. The number of hydrogen-bond acceptors (Lipinski definition) is 12. The van der Waals surface area contributed by atoms with Crippen LogP contribution in [0.1, 0.15) is 65.0 Å². The molecule has 1 saturated heterocycles. The highest BCUT2D eigenvalue weighted by Crippen LogP contribution is 2.46. The van der Waals surface area contributed by atoms with Gasteiger partial charge >= 0.3 is 19.6 Å². The zero-order valence-corrected chi connectivity index (χ0v) is 26.2. The van der Waals surface area contributed by atoms with Crippen molar-refractivity contribution in [3.63, 3.8) is 0 Å². The Labute approximate surface area is 255 Å². The van der Waals surface area contributed by atoms with Crippen molar-refractivity contribution in [2.75, 3.05) is 32.2 Å². The minimum absolute atomic E-state index is 0.188. The van der Waals surface area contributed by atoms with E-state index in [-0.39, 0.29) is 31.3 Å². The van der Waals surface area contributed by atoms with Crippen molar-refractivity contribution in [3.05, 3.63) is 24.2 Å². The molecule has 6 N–H and O–H groups in total. The molecule has 0 amide bonds. The van der Waals surface area contributed by atoms with E-state index < -0.39 is 55.6 Å². The molecule has 44 heavy (non-hydrogen) atoms. The van der Waals surface area contributed by atoms with E-state index in [1.54, 1.807) is 12.1 Å². The highest BCUT2D eigenvalue weighted by molar-refractivity contribution is 7.54. The summed E-state index contributed by atoms with van der Waals surface area (Å²) >= 11 is 0. The smallest absolute Gasteiger partial charge is 0.342 e. The summed E-state index contributed by atoms with van der Waals surface area (Å²) in [5.41, 5.74) is 3.06. The third kappa shape index (κ3) is 6.79. The second-order valence-electron chi connectivity index (χ2n) is 12.5. The van der Waals surface area contributed by atoms with E-state index in [0.717, 1.165) is 38.5 Å². The summed E-state index contributed by atoms with van der Waals surface area (Å²) in [6, 6.07) is 1.04. The molecule has 0 spiro atoms. The first kappa shape index (κ1) is 32.7. The van der Waals surface area contributed by atoms with Crippen molar-refractivity contribution in [1.82, 2.24) is 24.8 Å². The maximum absolute atomic E-state index is 14.2. The standard InChI is InChI=1S/C28H43N6O9P/c1-17(24(35)40-12-19-6-4-7-19)32-44(39,33-18(2)25(36)41-13-20-8-5-9-20)43-14-27(3)26(37)28(38,15-42-27)22-11-10-21-23(29)30-16-31-34(21)22/h10-11,16-20,26,37-38H,4-9,12-15H2,1-3H3,(H2,29,30,31)(H2,32,33,39)/t17-,18-,26+,27+,28-/m0/s1. The second kappa shape index (κ2) is 13.0. The lowest BCUT2D eigenvalue weighted by Crippen LogP contribution is -2.50. The third-order valence-electron chi connectivity index (χ3n) is 8.92. The Morgan fingerprint density at radius 2 is 1.68 bits per heavy atom. The summed E-state index contributed by atoms with van der Waals surface area (Å²) in [6.07, 6.45) is 5.81. The molecule has 0 radical (unpaired) electrons. The van der Waals surface area contributed by atoms with Gasteiger partial charge in [0.2, 0.25) is 0 Å². The largest absolute Gasteiger partial charge is 0.464 e. The van der Waals surface area contributed by atoms with Crippen molar-refractivity contribution in [2.45, 2.75) is 88.7 Å². The highest BCUT2D eigenvalue weighted by atomic mass is 31.2. The number of anilines is 1. The number of carbonyl (C=O) groups is 2. The van der Waals surface area contributed by atoms with E-state index in [0.29, 0.717) is 17.4 Å². The van der Waals surface area contributed by atoms with Crippen LogP contribution in [0, 0.1) is 11.8 Å². The van der Waals surface area contributed by atoms with Gasteiger partial charge in [0.15, 0.2) is 11.4 Å². The van der Waals surface area contributed by atoms with Crippen LogP contribution in [0.15, 0.2) is 18.5 Å². The van der Waals surface area contributed by atoms with Gasteiger partial charge in [0.05, 0.1) is 32.1 Å². The van der Waals surface area contributed by atoms with Crippen LogP contribution < -0.4 is 15.9 Å². The molecule has 3 aliphatic rings. The maximum Gasteiger partial charge on any atom is 0.342 e. The lowest BCUT2D eigenvalue weighted by atomic mass is 9.86. The zero-order chi connectivity index (χ0) is 31.7. The van der Waals surface area contributed by atoms with Gasteiger partial charge in [0.1, 0.15) is 35.6 Å². The second-order valence-corrected chi connectivity index (χ2v) is 14.3. The number of aliphatic hydroxyl groups is 2. The van der Waals surface area contributed by atoms with E-state index in [9.17, 15) is 24.4 Å². The number of hydrogen-bond donors (Lipinski definition) is 5. The van der Waals surface area contributed by atoms with E-state index in [1.807, 2.05) is 0 Å². The summed E-state index contributed by atoms with van der Waals surface area (Å²) in [5, 5.41) is 32.5. The Morgan fingerprint density at radius 3 is 2.20 bits per heavy atom. The molecule has 2 saturated carbocycles. The van der Waals surface area contributed by atoms with Gasteiger partial charge in [-0.3, -0.25) is 14.2 Å². The Balaban J connectivity index is 1.28. The molecule has 2 aliphatic carbocycles. The molecule has 16 heteroatoms. The SMILES string of the molecule is C[C@H](NP(=O)(N[C@@H](C)C(=O)OCC1CCC1)OC[C@@]1(C)OC[C@](O)(c2ccc3c(N)ncnn23)[C@@H]1O)C(=O)OCC1CCC1. The van der Waals surface area contributed by atoms with E-state index >= 15 is 0 Å². The van der Waals surface area contributed by atoms with Crippen molar-refractivity contribution in [2.24, 2.45) is 11.8 Å². The number of nitrogens with two attached hydrogens (primary N) is 1. The van der Waals surface area contributed by atoms with Gasteiger partial charge in [-0.15, -0.1) is 0 Å². The summed E-state index contributed by atoms with van der Waals surface area (Å²) in [5.74, 6) is -0.423. The summed E-state index contributed by atoms with van der Waals surface area (Å²) in [7, 11) is -4.21. The average molecular weight is 639 g/mol. The van der Waals surface area contributed by atoms with Gasteiger partial charge < -0.3 is 34.7 Å². The molecule has 3 fully saturated rings. The van der Waals surface area contributed by atoms with Crippen LogP contribution in [0.4, 0.5) is 5.82 Å². The Bertz CT molecular complexity index is 1360. The maximum atomic E-state index is 14.2. The number of rotatable bonds is 14. The molecule has 5 rings (SSSR count). The molecule has 1 aliphatic heterocycles. The molecule has 2 aromatic rings. The lowest BCUT2D eigenvalue weighted by molar-refractivity contribution is -0.147. The Hall–Kier alpha value is -2.65. The van der Waals surface area contributed by atoms with Gasteiger partial charge in [-0.1, -0.05) is 12.8 Å². The molecule has 0 bridgehead atoms. The molecule has 2 aromatic heterocycles. The van der Waals surface area contributed by atoms with E-state index in [4.69, 9.17) is 24.5 Å². The molecular formula is C28H43N6O9P. The fourth-order valence-corrected chi connectivity index (χ4v) is 7.36. The first-order chi connectivity index (χ1) is 20.8. The molecule has 3 heterocycles. The first-order valence-electron chi connectivity index (χ1n) is 15.1. The molecule has 244 valence electrons. The number of fused-ring (bicyclic) bond motifs is 1. The van der Waals surface area contributed by atoms with Crippen LogP contribution in [0.2, 0.25) is 0 Å². The van der Waals surface area contributed by atoms with Gasteiger partial charge in [0.25, 0.3) is 0 Å². The monoisotopic (exact) mass is 638 g/mol. The average Bonchev–Trinajstić information content (AvgIpc) is 3.47. The van der Waals surface area contributed by atoms with Crippen molar-refractivity contribution < 1.29 is 43.1 Å². The third-order valence-corrected chi connectivity index (χ3v) is 10.9. The number of ether oxygens (including phenoxy) is 3. The van der Waals surface area contributed by atoms with Gasteiger partial charge in [-0.25, -0.2) is 19.7 Å². The number of nitrogen functional groups attached to an aromatic ring is 1. The highest BCUT2D eigenvalue weighted by Gasteiger charge is 2.58. The lowest BCUT2D eigenvalue weighted by Gasteiger charge is -2.34. The summed E-state index contributed by atoms with van der Waals surface area (Å²) in [6.45, 7) is 4.15. The topological polar surface area (TPSA) is 209 Å². The van der Waals surface area contributed by atoms with E-state index in [2.05, 4.69) is 20.3 Å². The number of nitrogens with zero attached hydrogens (tertiary/aromatic N) is 3. The fraction of sp³-hybridized carbons (Fsp3) is 0.714. The van der Waals surface area contributed by atoms with Crippen LogP contribution >= 0.6 is 7.67 Å². The van der Waals surface area contributed by atoms with Crippen molar-refractivity contribution in [3.8, 4) is 0 Å². The van der Waals surface area contributed by atoms with Crippen LogP contribution in [-0.2, 0) is 38.5 Å². The number of aromatic nitrogens is 3. The van der Waals surface area contributed by atoms with Crippen LogP contribution in [0.3, 0.4) is 0 Å². The summed E-state index contributed by atoms with van der Waals surface area (Å²) in [4.78, 5) is 29.4. The number of aliphatic hydroxyl groups excluding tert-OH is 1. The molecular weight excluding hydrogens is 595 g/mol. The van der Waals surface area contributed by atoms with Gasteiger partial charge in [0, 0.05) is 0 Å². The van der Waals surface area contributed by atoms with Crippen molar-refractivity contribution >= 4 is 30.9 Å². The molecule has 0 aromatic carbocycles. The number of nitrogens with one attached hydrogen (secondary N) is 2. The normalized spacial score (nSPS) is 27.4. The van der Waals surface area contributed by atoms with Gasteiger partial charge in [-0.2, -0.15) is 5.10 Å². The molecule has 0 unspecified atom stereocenters. The zero-order valence-electron chi connectivity index (χ0n) is 25.3. The first-order valence-corrected chi connectivity index (χ1v) is 16.7. The predicted molar refractivity (Wildman–Crippen MR) is 157 cm³/mol. The predicted octanol–water partition coefficient (Wildman–Crippen LogP) is 1.42. The van der Waals surface area contributed by atoms with Gasteiger partial charge in [-0.05, 0) is 70.4 Å². The van der Waals surface area contributed by atoms with E-state index in [1.165, 1.54) is 31.6 Å². The van der Waals surface area contributed by atoms with Crippen LogP contribution in [-0.4, -0.2) is 87.0 Å². The Kier molecular flexibility index (Phi) is 9.66.